The molecule has 3 aliphatic rings. The predicted molar refractivity (Wildman–Crippen MR) is 88.3 cm³/mol. The van der Waals surface area contributed by atoms with E-state index in [1.54, 1.807) is 6.92 Å². The van der Waals surface area contributed by atoms with Gasteiger partial charge in [0.25, 0.3) is 0 Å². The SMILES string of the molecule is CC(=O)C[C@@]12C[C@@H]3C(=O)C[C@]31c1ccccc1-c1ccccc12. The molecule has 3 atom stereocenters. The maximum absolute atomic E-state index is 12.2. The van der Waals surface area contributed by atoms with Gasteiger partial charge in [-0.2, -0.15) is 0 Å². The summed E-state index contributed by atoms with van der Waals surface area (Å²) in [5.74, 6) is 0.700. The van der Waals surface area contributed by atoms with E-state index in [0.717, 1.165) is 6.42 Å². The third-order valence-corrected chi connectivity index (χ3v) is 6.53. The van der Waals surface area contributed by atoms with Crippen LogP contribution in [0.1, 0.15) is 37.3 Å². The number of ketones is 2. The lowest BCUT2D eigenvalue weighted by atomic mass is 9.28. The summed E-state index contributed by atoms with van der Waals surface area (Å²) in [6.45, 7) is 1.68. The molecular weight excluding hydrogens is 284 g/mol. The van der Waals surface area contributed by atoms with Gasteiger partial charge < -0.3 is 0 Å². The normalized spacial score (nSPS) is 32.6. The van der Waals surface area contributed by atoms with Crippen molar-refractivity contribution in [2.24, 2.45) is 5.92 Å². The molecule has 0 bridgehead atoms. The van der Waals surface area contributed by atoms with Crippen LogP contribution in [0.15, 0.2) is 48.5 Å². The Morgan fingerprint density at radius 1 is 1.04 bits per heavy atom. The Labute approximate surface area is 135 Å². The largest absolute Gasteiger partial charge is 0.300 e. The van der Waals surface area contributed by atoms with Crippen LogP contribution in [-0.2, 0) is 20.4 Å². The van der Waals surface area contributed by atoms with Gasteiger partial charge in [-0.05, 0) is 35.6 Å². The van der Waals surface area contributed by atoms with Gasteiger partial charge >= 0.3 is 0 Å². The lowest BCUT2D eigenvalue weighted by Gasteiger charge is -2.72. The van der Waals surface area contributed by atoms with E-state index in [2.05, 4.69) is 48.5 Å². The number of benzene rings is 2. The van der Waals surface area contributed by atoms with Gasteiger partial charge in [0, 0.05) is 29.6 Å². The third-order valence-electron chi connectivity index (χ3n) is 6.53. The van der Waals surface area contributed by atoms with Crippen LogP contribution in [0.4, 0.5) is 0 Å². The number of fused-ring (bicyclic) bond motifs is 4. The number of hydrogen-bond acceptors (Lipinski definition) is 2. The molecule has 0 N–H and O–H groups in total. The van der Waals surface area contributed by atoms with Crippen molar-refractivity contribution in [1.82, 2.24) is 0 Å². The molecule has 114 valence electrons. The second-order valence-corrected chi connectivity index (χ2v) is 7.42. The molecule has 0 saturated heterocycles. The standard InChI is InChI=1S/C21H18O2/c1-13(22)10-20-11-18-19(23)12-21(18,20)17-9-5-3-7-15(17)14-6-2-4-8-16(14)20/h2-9,18H,10-12H2,1H3/t18-,20+,21+/m1/s1. The summed E-state index contributed by atoms with van der Waals surface area (Å²) < 4.78 is 0. The van der Waals surface area contributed by atoms with Gasteiger partial charge in [-0.25, -0.2) is 0 Å². The molecule has 0 aromatic heterocycles. The first-order chi connectivity index (χ1) is 11.1. The number of rotatable bonds is 2. The second kappa shape index (κ2) is 4.00. The topological polar surface area (TPSA) is 34.1 Å². The van der Waals surface area contributed by atoms with Crippen LogP contribution in [0.5, 0.6) is 0 Å². The number of Topliss-reactive ketones (excluding diaryl/α,β-unsaturated/α-hetero) is 2. The van der Waals surface area contributed by atoms with Crippen LogP contribution in [0, 0.1) is 5.92 Å². The number of carbonyl (C=O) groups excluding carboxylic acids is 2. The smallest absolute Gasteiger partial charge is 0.137 e. The minimum Gasteiger partial charge on any atom is -0.300 e. The van der Waals surface area contributed by atoms with Crippen molar-refractivity contribution < 1.29 is 9.59 Å². The first kappa shape index (κ1) is 13.2. The summed E-state index contributed by atoms with van der Waals surface area (Å²) in [6, 6.07) is 17.0. The van der Waals surface area contributed by atoms with Crippen molar-refractivity contribution in [2.75, 3.05) is 0 Å². The fourth-order valence-electron chi connectivity index (χ4n) is 5.74. The molecular formula is C21H18O2. The predicted octanol–water partition coefficient (Wildman–Crippen LogP) is 3.81. The van der Waals surface area contributed by atoms with Crippen molar-refractivity contribution in [3.05, 3.63) is 59.7 Å². The molecule has 2 aromatic rings. The highest BCUT2D eigenvalue weighted by Crippen LogP contribution is 2.75. The zero-order valence-electron chi connectivity index (χ0n) is 13.1. The van der Waals surface area contributed by atoms with Crippen LogP contribution in [-0.4, -0.2) is 11.6 Å². The lowest BCUT2D eigenvalue weighted by molar-refractivity contribution is -0.164. The van der Waals surface area contributed by atoms with Crippen molar-refractivity contribution in [3.63, 3.8) is 0 Å². The Hall–Kier alpha value is -2.22. The molecule has 0 heterocycles. The van der Waals surface area contributed by atoms with E-state index >= 15 is 0 Å². The van der Waals surface area contributed by atoms with E-state index < -0.39 is 0 Å². The summed E-state index contributed by atoms with van der Waals surface area (Å²) in [5.41, 5.74) is 4.74. The molecule has 3 aliphatic carbocycles. The van der Waals surface area contributed by atoms with Gasteiger partial charge in [0.2, 0.25) is 0 Å². The highest BCUT2D eigenvalue weighted by atomic mass is 16.1. The summed E-state index contributed by atoms with van der Waals surface area (Å²) in [7, 11) is 0. The molecule has 2 fully saturated rings. The van der Waals surface area contributed by atoms with E-state index in [0.29, 0.717) is 18.6 Å². The Balaban J connectivity index is 1.85. The van der Waals surface area contributed by atoms with Crippen LogP contribution < -0.4 is 0 Å². The molecule has 1 spiro atoms. The quantitative estimate of drug-likeness (QED) is 0.845. The minimum absolute atomic E-state index is 0.108. The van der Waals surface area contributed by atoms with Gasteiger partial charge in [-0.3, -0.25) is 9.59 Å². The van der Waals surface area contributed by atoms with Crippen molar-refractivity contribution >= 4 is 11.6 Å². The molecule has 23 heavy (non-hydrogen) atoms. The van der Waals surface area contributed by atoms with Gasteiger partial charge in [0.05, 0.1) is 0 Å². The number of hydrogen-bond donors (Lipinski definition) is 0. The highest BCUT2D eigenvalue weighted by Gasteiger charge is 2.76. The van der Waals surface area contributed by atoms with E-state index in [9.17, 15) is 9.59 Å². The minimum atomic E-state index is -0.178. The van der Waals surface area contributed by atoms with Crippen LogP contribution in [0.2, 0.25) is 0 Å². The van der Waals surface area contributed by atoms with E-state index in [1.165, 1.54) is 22.3 Å². The highest BCUT2D eigenvalue weighted by molar-refractivity contribution is 5.99. The first-order valence-corrected chi connectivity index (χ1v) is 8.32. The van der Waals surface area contributed by atoms with Crippen LogP contribution in [0.25, 0.3) is 11.1 Å². The maximum Gasteiger partial charge on any atom is 0.137 e. The van der Waals surface area contributed by atoms with E-state index in [4.69, 9.17) is 0 Å². The molecule has 2 aromatic carbocycles. The first-order valence-electron chi connectivity index (χ1n) is 8.32. The molecule has 0 radical (unpaired) electrons. The summed E-state index contributed by atoms with van der Waals surface area (Å²) >= 11 is 0. The fourth-order valence-corrected chi connectivity index (χ4v) is 5.74. The summed E-state index contributed by atoms with van der Waals surface area (Å²) in [5, 5.41) is 0. The van der Waals surface area contributed by atoms with Crippen molar-refractivity contribution in [2.45, 2.75) is 37.0 Å². The van der Waals surface area contributed by atoms with E-state index in [1.807, 2.05) is 0 Å². The molecule has 0 unspecified atom stereocenters. The fraction of sp³-hybridized carbons (Fsp3) is 0.333. The van der Waals surface area contributed by atoms with Gasteiger partial charge in [-0.15, -0.1) is 0 Å². The summed E-state index contributed by atoms with van der Waals surface area (Å²) in [6.07, 6.45) is 1.97. The maximum atomic E-state index is 12.2. The van der Waals surface area contributed by atoms with Crippen molar-refractivity contribution in [3.8, 4) is 11.1 Å². The Morgan fingerprint density at radius 2 is 1.65 bits per heavy atom. The number of carbonyl (C=O) groups is 2. The zero-order chi connectivity index (χ0) is 15.8. The second-order valence-electron chi connectivity index (χ2n) is 7.42. The molecule has 0 aliphatic heterocycles. The zero-order valence-corrected chi connectivity index (χ0v) is 13.1. The Morgan fingerprint density at radius 3 is 2.26 bits per heavy atom. The molecule has 2 heteroatoms. The monoisotopic (exact) mass is 302 g/mol. The average Bonchev–Trinajstić information content (AvgIpc) is 2.55. The van der Waals surface area contributed by atoms with Crippen LogP contribution >= 0.6 is 0 Å². The molecule has 5 rings (SSSR count). The van der Waals surface area contributed by atoms with E-state index in [-0.39, 0.29) is 22.5 Å². The van der Waals surface area contributed by atoms with Crippen molar-refractivity contribution in [1.29, 1.82) is 0 Å². The third kappa shape index (κ3) is 1.28. The van der Waals surface area contributed by atoms with Gasteiger partial charge in [-0.1, -0.05) is 48.5 Å². The molecule has 0 amide bonds. The van der Waals surface area contributed by atoms with Gasteiger partial charge in [0.1, 0.15) is 11.6 Å². The lowest BCUT2D eigenvalue weighted by Crippen LogP contribution is -2.75. The Kier molecular flexibility index (Phi) is 2.30. The summed E-state index contributed by atoms with van der Waals surface area (Å²) in [4.78, 5) is 24.3. The van der Waals surface area contributed by atoms with Gasteiger partial charge in [0.15, 0.2) is 0 Å². The molecule has 2 nitrogen and oxygen atoms in total. The molecule has 2 saturated carbocycles. The Bertz CT molecular complexity index is 881. The average molecular weight is 302 g/mol. The van der Waals surface area contributed by atoms with Crippen LogP contribution in [0.3, 0.4) is 0 Å².